The maximum absolute atomic E-state index is 11.7. The molecular weight excluding hydrogens is 300 g/mol. The normalized spacial score (nSPS) is 20.2. The van der Waals surface area contributed by atoms with E-state index in [0.29, 0.717) is 12.2 Å². The summed E-state index contributed by atoms with van der Waals surface area (Å²) in [6.07, 6.45) is 4.02. The van der Waals surface area contributed by atoms with E-state index in [1.54, 1.807) is 19.4 Å². The van der Waals surface area contributed by atoms with Crippen molar-refractivity contribution in [3.05, 3.63) is 29.3 Å². The molecule has 1 aromatic carbocycles. The first kappa shape index (κ1) is 16.4. The van der Waals surface area contributed by atoms with E-state index in [-0.39, 0.29) is 11.8 Å². The van der Waals surface area contributed by atoms with Gasteiger partial charge in [0, 0.05) is 39.9 Å². The molecule has 2 unspecified atom stereocenters. The number of hydrogen-bond donors (Lipinski definition) is 1. The zero-order valence-corrected chi connectivity index (χ0v) is 14.0. The first-order valence-electron chi connectivity index (χ1n) is 6.99. The molecule has 0 aromatic heterocycles. The molecule has 0 bridgehead atoms. The summed E-state index contributed by atoms with van der Waals surface area (Å²) in [5.41, 5.74) is 5.16. The van der Waals surface area contributed by atoms with Gasteiger partial charge in [-0.15, -0.1) is 0 Å². The van der Waals surface area contributed by atoms with Gasteiger partial charge in [0.05, 0.1) is 12.8 Å². The van der Waals surface area contributed by atoms with Crippen molar-refractivity contribution < 1.29 is 13.7 Å². The van der Waals surface area contributed by atoms with Crippen LogP contribution in [0.25, 0.3) is 6.08 Å². The Morgan fingerprint density at radius 2 is 2.23 bits per heavy atom. The predicted molar refractivity (Wildman–Crippen MR) is 88.3 cm³/mol. The minimum atomic E-state index is -1.05. The van der Waals surface area contributed by atoms with Gasteiger partial charge < -0.3 is 4.74 Å². The number of carbonyl (C=O) groups is 1. The zero-order valence-electron chi connectivity index (χ0n) is 13.2. The molecule has 0 aliphatic carbocycles. The summed E-state index contributed by atoms with van der Waals surface area (Å²) >= 11 is 0. The van der Waals surface area contributed by atoms with Crippen LogP contribution in [0.15, 0.2) is 33.8 Å². The van der Waals surface area contributed by atoms with Crippen molar-refractivity contribution in [1.29, 1.82) is 0 Å². The van der Waals surface area contributed by atoms with Crippen LogP contribution in [0, 0.1) is 5.92 Å². The number of rotatable bonds is 4. The van der Waals surface area contributed by atoms with E-state index in [2.05, 4.69) is 10.5 Å². The standard InChI is InChI=1S/C16H20N2O3S/c1-10(16-11(2)8-15(19)17-18-16)7-12-9-13(22(4)20)5-6-14(12)21-3/h5-7,9,11H,8H2,1-4H3,(H,17,19). The smallest absolute Gasteiger partial charge is 0.240 e. The average Bonchev–Trinajstić information content (AvgIpc) is 2.46. The number of hydrogen-bond acceptors (Lipinski definition) is 4. The van der Waals surface area contributed by atoms with E-state index in [1.807, 2.05) is 32.1 Å². The second-order valence-corrected chi connectivity index (χ2v) is 6.70. The van der Waals surface area contributed by atoms with Gasteiger partial charge in [-0.25, -0.2) is 5.43 Å². The van der Waals surface area contributed by atoms with Crippen molar-refractivity contribution in [2.24, 2.45) is 11.0 Å². The average molecular weight is 320 g/mol. The van der Waals surface area contributed by atoms with Gasteiger partial charge in [-0.1, -0.05) is 6.92 Å². The Bertz CT molecular complexity index is 680. The van der Waals surface area contributed by atoms with Gasteiger partial charge in [-0.05, 0) is 36.8 Å². The molecule has 2 atom stereocenters. The van der Waals surface area contributed by atoms with Crippen LogP contribution in [0.2, 0.25) is 0 Å². The van der Waals surface area contributed by atoms with Crippen molar-refractivity contribution in [1.82, 2.24) is 5.43 Å². The van der Waals surface area contributed by atoms with Crippen LogP contribution in [-0.4, -0.2) is 29.2 Å². The molecule has 6 heteroatoms. The van der Waals surface area contributed by atoms with Crippen LogP contribution in [0.5, 0.6) is 5.75 Å². The highest BCUT2D eigenvalue weighted by Gasteiger charge is 2.21. The number of amides is 1. The molecule has 0 spiro atoms. The Hall–Kier alpha value is -1.95. The molecule has 5 nitrogen and oxygen atoms in total. The molecule has 0 radical (unpaired) electrons. The lowest BCUT2D eigenvalue weighted by molar-refractivity contribution is -0.121. The largest absolute Gasteiger partial charge is 0.496 e. The van der Waals surface area contributed by atoms with E-state index in [9.17, 15) is 9.00 Å². The third-order valence-electron chi connectivity index (χ3n) is 3.57. The van der Waals surface area contributed by atoms with Crippen molar-refractivity contribution in [3.8, 4) is 5.75 Å². The summed E-state index contributed by atoms with van der Waals surface area (Å²) in [5, 5.41) is 4.15. The zero-order chi connectivity index (χ0) is 16.3. The highest BCUT2D eigenvalue weighted by atomic mass is 32.2. The van der Waals surface area contributed by atoms with E-state index in [4.69, 9.17) is 4.74 Å². The Morgan fingerprint density at radius 3 is 2.82 bits per heavy atom. The first-order chi connectivity index (χ1) is 10.4. The summed E-state index contributed by atoms with van der Waals surface area (Å²) in [5.74, 6) is 0.714. The van der Waals surface area contributed by atoms with Gasteiger partial charge in [0.15, 0.2) is 0 Å². The maximum atomic E-state index is 11.7. The fourth-order valence-corrected chi connectivity index (χ4v) is 2.99. The maximum Gasteiger partial charge on any atom is 0.240 e. The molecule has 1 aliphatic rings. The SMILES string of the molecule is COc1ccc(S(C)=O)cc1C=C(C)C1=NNC(=O)CC1C. The lowest BCUT2D eigenvalue weighted by atomic mass is 9.93. The van der Waals surface area contributed by atoms with Crippen molar-refractivity contribution in [3.63, 3.8) is 0 Å². The van der Waals surface area contributed by atoms with Crippen molar-refractivity contribution in [2.45, 2.75) is 25.2 Å². The molecule has 2 rings (SSSR count). The number of nitrogens with one attached hydrogen (secondary N) is 1. The van der Waals surface area contributed by atoms with Gasteiger partial charge in [-0.3, -0.25) is 9.00 Å². The van der Waals surface area contributed by atoms with Gasteiger partial charge in [0.2, 0.25) is 5.91 Å². The second-order valence-electron chi connectivity index (χ2n) is 5.32. The van der Waals surface area contributed by atoms with Crippen LogP contribution in [-0.2, 0) is 15.6 Å². The molecule has 0 saturated heterocycles. The first-order valence-corrected chi connectivity index (χ1v) is 8.54. The summed E-state index contributed by atoms with van der Waals surface area (Å²) < 4.78 is 17.0. The predicted octanol–water partition coefficient (Wildman–Crippen LogP) is 2.35. The summed E-state index contributed by atoms with van der Waals surface area (Å²) in [7, 11) is 0.550. The van der Waals surface area contributed by atoms with Gasteiger partial charge in [0.25, 0.3) is 0 Å². The Labute approximate surface area is 132 Å². The Balaban J connectivity index is 2.41. The minimum Gasteiger partial charge on any atom is -0.496 e. The molecule has 1 aromatic rings. The summed E-state index contributed by atoms with van der Waals surface area (Å²) in [6, 6.07) is 5.46. The van der Waals surface area contributed by atoms with E-state index >= 15 is 0 Å². The lowest BCUT2D eigenvalue weighted by Gasteiger charge is -2.19. The molecule has 1 aliphatic heterocycles. The quantitative estimate of drug-likeness (QED) is 0.926. The van der Waals surface area contributed by atoms with Gasteiger partial charge in [0.1, 0.15) is 5.75 Å². The number of ether oxygens (including phenoxy) is 1. The Morgan fingerprint density at radius 1 is 1.50 bits per heavy atom. The molecule has 1 N–H and O–H groups in total. The molecule has 22 heavy (non-hydrogen) atoms. The Kier molecular flexibility index (Phi) is 5.13. The van der Waals surface area contributed by atoms with Crippen LogP contribution in [0.4, 0.5) is 0 Å². The molecule has 1 amide bonds. The van der Waals surface area contributed by atoms with Crippen molar-refractivity contribution >= 4 is 28.5 Å². The molecule has 0 saturated carbocycles. The number of hydrazone groups is 1. The van der Waals surface area contributed by atoms with Crippen molar-refractivity contribution in [2.75, 3.05) is 13.4 Å². The third-order valence-corrected chi connectivity index (χ3v) is 4.49. The fourth-order valence-electron chi connectivity index (χ4n) is 2.44. The molecule has 0 fully saturated rings. The van der Waals surface area contributed by atoms with Crippen LogP contribution < -0.4 is 10.2 Å². The number of methoxy groups -OCH3 is 1. The van der Waals surface area contributed by atoms with Crippen LogP contribution in [0.3, 0.4) is 0 Å². The van der Waals surface area contributed by atoms with E-state index in [0.717, 1.165) is 21.7 Å². The van der Waals surface area contributed by atoms with Gasteiger partial charge in [-0.2, -0.15) is 5.10 Å². The third kappa shape index (κ3) is 3.62. The number of allylic oxidation sites excluding steroid dienone is 1. The summed E-state index contributed by atoms with van der Waals surface area (Å²) in [6.45, 7) is 3.92. The number of benzene rings is 1. The van der Waals surface area contributed by atoms with Gasteiger partial charge >= 0.3 is 0 Å². The van der Waals surface area contributed by atoms with E-state index in [1.165, 1.54) is 0 Å². The molecule has 1 heterocycles. The number of nitrogens with zero attached hydrogens (tertiary/aromatic N) is 1. The topological polar surface area (TPSA) is 67.8 Å². The second kappa shape index (κ2) is 6.87. The minimum absolute atomic E-state index is 0.0648. The summed E-state index contributed by atoms with van der Waals surface area (Å²) in [4.78, 5) is 12.1. The monoisotopic (exact) mass is 320 g/mol. The highest BCUT2D eigenvalue weighted by Crippen LogP contribution is 2.26. The molecular formula is C16H20N2O3S. The van der Waals surface area contributed by atoms with E-state index < -0.39 is 10.8 Å². The lowest BCUT2D eigenvalue weighted by Crippen LogP contribution is -2.31. The number of carbonyl (C=O) groups excluding carboxylic acids is 1. The fraction of sp³-hybridized carbons (Fsp3) is 0.375. The van der Waals surface area contributed by atoms with Crippen LogP contribution in [0.1, 0.15) is 25.8 Å². The highest BCUT2D eigenvalue weighted by molar-refractivity contribution is 7.84. The molecule has 118 valence electrons. The van der Waals surface area contributed by atoms with Crippen LogP contribution >= 0.6 is 0 Å².